The molecule has 2 rings (SSSR count). The molecule has 0 aromatic carbocycles. The molecule has 1 aromatic heterocycles. The highest BCUT2D eigenvalue weighted by molar-refractivity contribution is 5.85. The van der Waals surface area contributed by atoms with Gasteiger partial charge in [-0.25, -0.2) is 4.98 Å². The Morgan fingerprint density at radius 2 is 2.44 bits per heavy atom. The molecule has 1 saturated carbocycles. The molecule has 1 heterocycles. The summed E-state index contributed by atoms with van der Waals surface area (Å²) in [4.78, 5) is 16.2. The number of imidazole rings is 1. The van der Waals surface area contributed by atoms with Crippen LogP contribution in [0.15, 0.2) is 12.4 Å². The lowest BCUT2D eigenvalue weighted by molar-refractivity contribution is -0.129. The van der Waals surface area contributed by atoms with Gasteiger partial charge in [0.25, 0.3) is 0 Å². The summed E-state index contributed by atoms with van der Waals surface area (Å²) in [6.45, 7) is 2.90. The Morgan fingerprint density at radius 1 is 1.69 bits per heavy atom. The van der Waals surface area contributed by atoms with Crippen LogP contribution in [0.25, 0.3) is 0 Å². The van der Waals surface area contributed by atoms with Gasteiger partial charge in [0.05, 0.1) is 6.42 Å². The third-order valence-corrected chi connectivity index (χ3v) is 3.10. The predicted molar refractivity (Wildman–Crippen MR) is 60.1 cm³/mol. The Hall–Kier alpha value is -1.16. The minimum Gasteiger partial charge on any atom is -0.373 e. The lowest BCUT2D eigenvalue weighted by Crippen LogP contribution is -2.27. The maximum atomic E-state index is 12.0. The van der Waals surface area contributed by atoms with E-state index in [9.17, 15) is 4.79 Å². The molecule has 16 heavy (non-hydrogen) atoms. The van der Waals surface area contributed by atoms with Crippen LogP contribution in [0.1, 0.15) is 25.6 Å². The molecular formula is C12H18N2O2. The molecule has 0 radical (unpaired) electrons. The van der Waals surface area contributed by atoms with Crippen LogP contribution in [-0.2, 0) is 22.5 Å². The molecule has 1 aliphatic carbocycles. The zero-order valence-electron chi connectivity index (χ0n) is 9.85. The number of aryl methyl sites for hydroxylation is 1. The molecule has 1 aromatic rings. The minimum atomic E-state index is -0.220. The van der Waals surface area contributed by atoms with Crippen LogP contribution < -0.4 is 0 Å². The van der Waals surface area contributed by atoms with Crippen molar-refractivity contribution in [2.24, 2.45) is 5.92 Å². The van der Waals surface area contributed by atoms with Crippen LogP contribution in [0.2, 0.25) is 0 Å². The predicted octanol–water partition coefficient (Wildman–Crippen LogP) is 1.44. The monoisotopic (exact) mass is 222 g/mol. The van der Waals surface area contributed by atoms with Gasteiger partial charge >= 0.3 is 0 Å². The fraction of sp³-hybridized carbons (Fsp3) is 0.667. The van der Waals surface area contributed by atoms with E-state index in [2.05, 4.69) is 4.98 Å². The number of methoxy groups -OCH3 is 1. The first-order valence-corrected chi connectivity index (χ1v) is 5.81. The molecule has 0 bridgehead atoms. The molecular weight excluding hydrogens is 204 g/mol. The van der Waals surface area contributed by atoms with Gasteiger partial charge in [0.15, 0.2) is 5.78 Å². The standard InChI is InChI=1S/C12H18N2O2/c1-3-14-7-6-13-11(14)8-10(15)12(16-2)9-4-5-9/h6-7,9,12H,3-5,8H2,1-2H3. The van der Waals surface area contributed by atoms with Crippen molar-refractivity contribution in [2.45, 2.75) is 38.8 Å². The van der Waals surface area contributed by atoms with Crippen molar-refractivity contribution in [1.29, 1.82) is 0 Å². The van der Waals surface area contributed by atoms with E-state index in [1.54, 1.807) is 13.3 Å². The molecule has 88 valence electrons. The first-order chi connectivity index (χ1) is 7.76. The number of aromatic nitrogens is 2. The van der Waals surface area contributed by atoms with Crippen LogP contribution in [-0.4, -0.2) is 28.5 Å². The SMILES string of the molecule is CCn1ccnc1CC(=O)C(OC)C1CC1. The van der Waals surface area contributed by atoms with Crippen molar-refractivity contribution in [2.75, 3.05) is 7.11 Å². The van der Waals surface area contributed by atoms with Crippen molar-refractivity contribution >= 4 is 5.78 Å². The van der Waals surface area contributed by atoms with Crippen molar-refractivity contribution in [3.05, 3.63) is 18.2 Å². The highest BCUT2D eigenvalue weighted by Crippen LogP contribution is 2.34. The van der Waals surface area contributed by atoms with E-state index in [0.717, 1.165) is 25.2 Å². The van der Waals surface area contributed by atoms with Crippen molar-refractivity contribution in [3.8, 4) is 0 Å². The summed E-state index contributed by atoms with van der Waals surface area (Å²) in [6, 6.07) is 0. The second-order valence-corrected chi connectivity index (χ2v) is 4.27. The molecule has 0 aliphatic heterocycles. The van der Waals surface area contributed by atoms with Crippen molar-refractivity contribution < 1.29 is 9.53 Å². The molecule has 1 aliphatic rings. The Labute approximate surface area is 95.6 Å². The van der Waals surface area contributed by atoms with Gasteiger partial charge in [-0.1, -0.05) is 0 Å². The number of nitrogens with zero attached hydrogens (tertiary/aromatic N) is 2. The Morgan fingerprint density at radius 3 is 3.00 bits per heavy atom. The van der Waals surface area contributed by atoms with Crippen LogP contribution in [0.3, 0.4) is 0 Å². The summed E-state index contributed by atoms with van der Waals surface area (Å²) in [5.41, 5.74) is 0. The van der Waals surface area contributed by atoms with E-state index in [1.165, 1.54) is 0 Å². The van der Waals surface area contributed by atoms with Crippen LogP contribution >= 0.6 is 0 Å². The molecule has 1 fully saturated rings. The molecule has 0 amide bonds. The van der Waals surface area contributed by atoms with E-state index in [-0.39, 0.29) is 11.9 Å². The third kappa shape index (κ3) is 2.32. The Balaban J connectivity index is 2.00. The van der Waals surface area contributed by atoms with E-state index < -0.39 is 0 Å². The Bertz CT molecular complexity index is 369. The maximum absolute atomic E-state index is 12.0. The van der Waals surface area contributed by atoms with Gasteiger partial charge in [0.2, 0.25) is 0 Å². The number of hydrogen-bond donors (Lipinski definition) is 0. The average Bonchev–Trinajstić information content (AvgIpc) is 3.00. The minimum absolute atomic E-state index is 0.158. The maximum Gasteiger partial charge on any atom is 0.169 e. The van der Waals surface area contributed by atoms with Crippen molar-refractivity contribution in [1.82, 2.24) is 9.55 Å². The molecule has 1 atom stereocenters. The van der Waals surface area contributed by atoms with E-state index >= 15 is 0 Å². The van der Waals surface area contributed by atoms with Gasteiger partial charge in [-0.2, -0.15) is 0 Å². The first-order valence-electron chi connectivity index (χ1n) is 5.81. The van der Waals surface area contributed by atoms with Gasteiger partial charge < -0.3 is 9.30 Å². The topological polar surface area (TPSA) is 44.1 Å². The van der Waals surface area contributed by atoms with Gasteiger partial charge in [0, 0.05) is 26.0 Å². The van der Waals surface area contributed by atoms with Crippen LogP contribution in [0, 0.1) is 5.92 Å². The van der Waals surface area contributed by atoms with Gasteiger partial charge in [-0.05, 0) is 25.7 Å². The zero-order valence-corrected chi connectivity index (χ0v) is 9.85. The Kier molecular flexibility index (Phi) is 3.39. The number of hydrogen-bond acceptors (Lipinski definition) is 3. The number of carbonyl (C=O) groups is 1. The van der Waals surface area contributed by atoms with Gasteiger partial charge in [-0.3, -0.25) is 4.79 Å². The largest absolute Gasteiger partial charge is 0.373 e. The summed E-state index contributed by atoms with van der Waals surface area (Å²) in [5.74, 6) is 1.45. The second kappa shape index (κ2) is 4.78. The van der Waals surface area contributed by atoms with Crippen LogP contribution in [0.5, 0.6) is 0 Å². The fourth-order valence-corrected chi connectivity index (χ4v) is 2.04. The quantitative estimate of drug-likeness (QED) is 0.731. The number of ketones is 1. The molecule has 1 unspecified atom stereocenters. The lowest BCUT2D eigenvalue weighted by atomic mass is 10.1. The summed E-state index contributed by atoms with van der Waals surface area (Å²) in [7, 11) is 1.62. The van der Waals surface area contributed by atoms with E-state index in [0.29, 0.717) is 12.3 Å². The van der Waals surface area contributed by atoms with Gasteiger partial charge in [-0.15, -0.1) is 0 Å². The number of carbonyl (C=O) groups excluding carboxylic acids is 1. The summed E-state index contributed by atoms with van der Waals surface area (Å²) >= 11 is 0. The highest BCUT2D eigenvalue weighted by atomic mass is 16.5. The molecule has 4 heteroatoms. The summed E-state index contributed by atoms with van der Waals surface area (Å²) < 4.78 is 7.27. The smallest absolute Gasteiger partial charge is 0.169 e. The average molecular weight is 222 g/mol. The second-order valence-electron chi connectivity index (χ2n) is 4.27. The molecule has 4 nitrogen and oxygen atoms in total. The van der Waals surface area contributed by atoms with Gasteiger partial charge in [0.1, 0.15) is 11.9 Å². The summed E-state index contributed by atoms with van der Waals surface area (Å²) in [6.07, 6.45) is 6.04. The number of rotatable bonds is 6. The lowest BCUT2D eigenvalue weighted by Gasteiger charge is -2.13. The fourth-order valence-electron chi connectivity index (χ4n) is 2.04. The number of ether oxygens (including phenoxy) is 1. The zero-order chi connectivity index (χ0) is 11.5. The third-order valence-electron chi connectivity index (χ3n) is 3.10. The van der Waals surface area contributed by atoms with E-state index in [1.807, 2.05) is 17.7 Å². The molecule has 0 spiro atoms. The summed E-state index contributed by atoms with van der Waals surface area (Å²) in [5, 5.41) is 0. The van der Waals surface area contributed by atoms with E-state index in [4.69, 9.17) is 4.74 Å². The van der Waals surface area contributed by atoms with Crippen molar-refractivity contribution in [3.63, 3.8) is 0 Å². The highest BCUT2D eigenvalue weighted by Gasteiger charge is 2.36. The number of Topliss-reactive ketones (excluding diaryl/α,β-unsaturated/α-hetero) is 1. The van der Waals surface area contributed by atoms with Crippen LogP contribution in [0.4, 0.5) is 0 Å². The normalized spacial score (nSPS) is 17.4. The molecule has 0 saturated heterocycles. The molecule has 0 N–H and O–H groups in total. The first kappa shape index (κ1) is 11.3.